The molecule has 1 aliphatic rings. The molecule has 0 saturated carbocycles. The SMILES string of the molecule is Cc1cc(C2=N/C(=C\c3cccc(OCc4cccc(I)c4)c3)C(=O)O2)ccc1[N+](=O)[O-]. The Bertz CT molecular complexity index is 1280. The number of esters is 1. The molecular weight excluding hydrogens is 523 g/mol. The lowest BCUT2D eigenvalue weighted by Gasteiger charge is -2.07. The van der Waals surface area contributed by atoms with Crippen molar-refractivity contribution in [1.82, 2.24) is 0 Å². The second-order valence-electron chi connectivity index (χ2n) is 7.09. The minimum atomic E-state index is -0.582. The fraction of sp³-hybridized carbons (Fsp3) is 0.0833. The number of ether oxygens (including phenoxy) is 2. The van der Waals surface area contributed by atoms with Crippen molar-refractivity contribution in [2.24, 2.45) is 4.99 Å². The van der Waals surface area contributed by atoms with E-state index in [2.05, 4.69) is 33.6 Å². The average Bonchev–Trinajstić information content (AvgIpc) is 3.12. The number of nitrogens with zero attached hydrogens (tertiary/aromatic N) is 2. The van der Waals surface area contributed by atoms with Crippen molar-refractivity contribution < 1.29 is 19.2 Å². The van der Waals surface area contributed by atoms with Crippen LogP contribution in [-0.2, 0) is 16.1 Å². The predicted octanol–water partition coefficient (Wildman–Crippen LogP) is 5.43. The number of nitro groups is 1. The van der Waals surface area contributed by atoms with Crippen LogP contribution in [0.1, 0.15) is 22.3 Å². The Hall–Kier alpha value is -3.53. The Kier molecular flexibility index (Phi) is 6.31. The Balaban J connectivity index is 1.52. The van der Waals surface area contributed by atoms with Crippen LogP contribution in [-0.4, -0.2) is 16.8 Å². The van der Waals surface area contributed by atoms with Gasteiger partial charge in [-0.05, 0) is 83.1 Å². The third-order valence-electron chi connectivity index (χ3n) is 4.72. The largest absolute Gasteiger partial charge is 0.489 e. The molecular formula is C24H17IN2O5. The quantitative estimate of drug-likeness (QED) is 0.137. The van der Waals surface area contributed by atoms with E-state index < -0.39 is 10.9 Å². The van der Waals surface area contributed by atoms with Crippen molar-refractivity contribution in [1.29, 1.82) is 0 Å². The van der Waals surface area contributed by atoms with Crippen molar-refractivity contribution in [3.8, 4) is 5.75 Å². The van der Waals surface area contributed by atoms with Crippen LogP contribution in [0.2, 0.25) is 0 Å². The number of benzene rings is 3. The van der Waals surface area contributed by atoms with Gasteiger partial charge in [0.1, 0.15) is 12.4 Å². The van der Waals surface area contributed by atoms with E-state index in [1.54, 1.807) is 19.1 Å². The lowest BCUT2D eigenvalue weighted by atomic mass is 10.1. The predicted molar refractivity (Wildman–Crippen MR) is 128 cm³/mol. The van der Waals surface area contributed by atoms with E-state index in [1.165, 1.54) is 12.1 Å². The van der Waals surface area contributed by atoms with E-state index >= 15 is 0 Å². The van der Waals surface area contributed by atoms with Crippen molar-refractivity contribution in [3.63, 3.8) is 0 Å². The topological polar surface area (TPSA) is 91.0 Å². The zero-order valence-corrected chi connectivity index (χ0v) is 19.1. The number of halogens is 1. The maximum absolute atomic E-state index is 12.3. The number of carbonyl (C=O) groups excluding carboxylic acids is 1. The van der Waals surface area contributed by atoms with Gasteiger partial charge >= 0.3 is 5.97 Å². The molecule has 0 aromatic heterocycles. The van der Waals surface area contributed by atoms with Gasteiger partial charge in [0, 0.05) is 20.8 Å². The van der Waals surface area contributed by atoms with E-state index in [0.29, 0.717) is 23.5 Å². The Morgan fingerprint density at radius 3 is 2.69 bits per heavy atom. The monoisotopic (exact) mass is 540 g/mol. The molecule has 0 spiro atoms. The molecule has 0 bridgehead atoms. The van der Waals surface area contributed by atoms with Crippen LogP contribution < -0.4 is 4.74 Å². The molecule has 1 heterocycles. The molecule has 0 radical (unpaired) electrons. The highest BCUT2D eigenvalue weighted by molar-refractivity contribution is 14.1. The summed E-state index contributed by atoms with van der Waals surface area (Å²) in [6.45, 7) is 2.05. The fourth-order valence-corrected chi connectivity index (χ4v) is 3.78. The fourth-order valence-electron chi connectivity index (χ4n) is 3.17. The lowest BCUT2D eigenvalue weighted by molar-refractivity contribution is -0.385. The summed E-state index contributed by atoms with van der Waals surface area (Å²) in [5.41, 5.74) is 2.90. The standard InChI is InChI=1S/C24H17IN2O5/c1-15-10-18(8-9-22(15)27(29)30)23-26-21(24(28)32-23)13-16-4-3-7-20(12-16)31-14-17-5-2-6-19(25)11-17/h2-13H,14H2,1H3/b21-13-. The van der Waals surface area contributed by atoms with E-state index in [9.17, 15) is 14.9 Å². The highest BCUT2D eigenvalue weighted by atomic mass is 127. The first-order valence-corrected chi connectivity index (χ1v) is 10.7. The summed E-state index contributed by atoms with van der Waals surface area (Å²) in [4.78, 5) is 27.1. The second kappa shape index (κ2) is 9.31. The van der Waals surface area contributed by atoms with Gasteiger partial charge in [-0.15, -0.1) is 0 Å². The maximum Gasteiger partial charge on any atom is 0.363 e. The molecule has 0 aliphatic carbocycles. The van der Waals surface area contributed by atoms with Gasteiger partial charge in [-0.1, -0.05) is 24.3 Å². The maximum atomic E-state index is 12.3. The molecule has 0 atom stereocenters. The second-order valence-corrected chi connectivity index (χ2v) is 8.33. The molecule has 32 heavy (non-hydrogen) atoms. The van der Waals surface area contributed by atoms with Gasteiger partial charge < -0.3 is 9.47 Å². The van der Waals surface area contributed by atoms with Gasteiger partial charge in [0.25, 0.3) is 5.69 Å². The number of aliphatic imine (C=N–C) groups is 1. The highest BCUT2D eigenvalue weighted by Crippen LogP contribution is 2.24. The minimum absolute atomic E-state index is 0.00327. The number of hydrogen-bond acceptors (Lipinski definition) is 6. The highest BCUT2D eigenvalue weighted by Gasteiger charge is 2.25. The molecule has 4 rings (SSSR count). The van der Waals surface area contributed by atoms with Crippen molar-refractivity contribution >= 4 is 46.2 Å². The first-order chi connectivity index (χ1) is 15.4. The van der Waals surface area contributed by atoms with Gasteiger partial charge in [0.05, 0.1) is 4.92 Å². The van der Waals surface area contributed by atoms with Crippen LogP contribution in [0, 0.1) is 20.6 Å². The lowest BCUT2D eigenvalue weighted by Crippen LogP contribution is -2.06. The molecule has 0 fully saturated rings. The summed E-state index contributed by atoms with van der Waals surface area (Å²) < 4.78 is 12.3. The number of nitro benzene ring substituents is 1. The van der Waals surface area contributed by atoms with Crippen LogP contribution in [0.4, 0.5) is 5.69 Å². The number of aryl methyl sites for hydroxylation is 1. The summed E-state index contributed by atoms with van der Waals surface area (Å²) in [6, 6.07) is 19.8. The summed E-state index contributed by atoms with van der Waals surface area (Å²) in [7, 11) is 0. The number of rotatable bonds is 6. The third kappa shape index (κ3) is 5.02. The summed E-state index contributed by atoms with van der Waals surface area (Å²) >= 11 is 2.26. The number of hydrogen-bond donors (Lipinski definition) is 0. The van der Waals surface area contributed by atoms with Crippen molar-refractivity contribution in [2.45, 2.75) is 13.5 Å². The molecule has 3 aromatic rings. The molecule has 1 aliphatic heterocycles. The van der Waals surface area contributed by atoms with Crippen LogP contribution in [0.25, 0.3) is 6.08 Å². The molecule has 0 saturated heterocycles. The summed E-state index contributed by atoms with van der Waals surface area (Å²) in [6.07, 6.45) is 1.62. The van der Waals surface area contributed by atoms with Crippen molar-refractivity contribution in [3.05, 3.63) is 108 Å². The van der Waals surface area contributed by atoms with E-state index in [0.717, 1.165) is 14.7 Å². The minimum Gasteiger partial charge on any atom is -0.489 e. The van der Waals surface area contributed by atoms with Crippen LogP contribution in [0.15, 0.2) is 77.4 Å². The first-order valence-electron chi connectivity index (χ1n) is 9.64. The Morgan fingerprint density at radius 1 is 1.12 bits per heavy atom. The molecule has 160 valence electrons. The van der Waals surface area contributed by atoms with E-state index in [4.69, 9.17) is 9.47 Å². The average molecular weight is 540 g/mol. The summed E-state index contributed by atoms with van der Waals surface area (Å²) in [5, 5.41) is 11.0. The zero-order valence-electron chi connectivity index (χ0n) is 16.9. The third-order valence-corrected chi connectivity index (χ3v) is 5.39. The molecule has 8 heteroatoms. The number of carbonyl (C=O) groups is 1. The van der Waals surface area contributed by atoms with Crippen LogP contribution in [0.5, 0.6) is 5.75 Å². The van der Waals surface area contributed by atoms with E-state index in [1.807, 2.05) is 42.5 Å². The van der Waals surface area contributed by atoms with Gasteiger partial charge in [-0.3, -0.25) is 10.1 Å². The zero-order chi connectivity index (χ0) is 22.7. The summed E-state index contributed by atoms with van der Waals surface area (Å²) in [5.74, 6) is 0.200. The van der Waals surface area contributed by atoms with Gasteiger partial charge in [0.15, 0.2) is 5.70 Å². The number of cyclic esters (lactones) is 1. The Labute approximate surface area is 197 Å². The molecule has 7 nitrogen and oxygen atoms in total. The molecule has 0 unspecified atom stereocenters. The Morgan fingerprint density at radius 2 is 1.94 bits per heavy atom. The van der Waals surface area contributed by atoms with Crippen LogP contribution >= 0.6 is 22.6 Å². The van der Waals surface area contributed by atoms with Gasteiger partial charge in [-0.25, -0.2) is 9.79 Å². The molecule has 0 amide bonds. The van der Waals surface area contributed by atoms with Gasteiger partial charge in [-0.2, -0.15) is 0 Å². The smallest absolute Gasteiger partial charge is 0.363 e. The molecule has 3 aromatic carbocycles. The van der Waals surface area contributed by atoms with Crippen LogP contribution in [0.3, 0.4) is 0 Å². The normalized spacial score (nSPS) is 14.2. The first kappa shape index (κ1) is 21.7. The van der Waals surface area contributed by atoms with E-state index in [-0.39, 0.29) is 17.3 Å². The van der Waals surface area contributed by atoms with Gasteiger partial charge in [0.2, 0.25) is 5.90 Å². The van der Waals surface area contributed by atoms with Crippen molar-refractivity contribution in [2.75, 3.05) is 0 Å². The molecule has 0 N–H and O–H groups in total.